The summed E-state index contributed by atoms with van der Waals surface area (Å²) in [5.41, 5.74) is 3.60. The minimum absolute atomic E-state index is 0.147. The fourth-order valence-electron chi connectivity index (χ4n) is 2.84. The molecule has 22 heavy (non-hydrogen) atoms. The Labute approximate surface area is 133 Å². The van der Waals surface area contributed by atoms with Gasteiger partial charge >= 0.3 is 0 Å². The zero-order valence-electron chi connectivity index (χ0n) is 12.1. The van der Waals surface area contributed by atoms with Crippen LogP contribution in [-0.2, 0) is 0 Å². The van der Waals surface area contributed by atoms with Crippen LogP contribution in [0.15, 0.2) is 69.5 Å². The van der Waals surface area contributed by atoms with Crippen molar-refractivity contribution in [3.05, 3.63) is 70.8 Å². The first kappa shape index (κ1) is 13.3. The summed E-state index contributed by atoms with van der Waals surface area (Å²) in [6.07, 6.45) is 2.03. The van der Waals surface area contributed by atoms with Crippen molar-refractivity contribution < 1.29 is 4.79 Å². The van der Waals surface area contributed by atoms with Crippen molar-refractivity contribution >= 4 is 29.1 Å². The van der Waals surface area contributed by atoms with E-state index >= 15 is 0 Å². The van der Waals surface area contributed by atoms with Crippen molar-refractivity contribution in [3.63, 3.8) is 0 Å². The number of anilines is 1. The maximum absolute atomic E-state index is 12.0. The summed E-state index contributed by atoms with van der Waals surface area (Å²) in [4.78, 5) is 19.7. The highest BCUT2D eigenvalue weighted by atomic mass is 32.2. The van der Waals surface area contributed by atoms with Crippen molar-refractivity contribution in [1.82, 2.24) is 0 Å². The van der Waals surface area contributed by atoms with Crippen LogP contribution in [-0.4, -0.2) is 18.2 Å². The Morgan fingerprint density at radius 1 is 1.09 bits per heavy atom. The van der Waals surface area contributed by atoms with E-state index in [1.807, 2.05) is 30.3 Å². The molecule has 0 aromatic heterocycles. The Hall–Kier alpha value is -2.33. The third kappa shape index (κ3) is 1.99. The molecule has 0 radical (unpaired) electrons. The van der Waals surface area contributed by atoms with Crippen LogP contribution in [0.2, 0.25) is 0 Å². The van der Waals surface area contributed by atoms with Gasteiger partial charge in [0, 0.05) is 17.0 Å². The highest BCUT2D eigenvalue weighted by Gasteiger charge is 2.26. The van der Waals surface area contributed by atoms with E-state index in [0.717, 1.165) is 22.8 Å². The maximum atomic E-state index is 12.0. The van der Waals surface area contributed by atoms with Crippen LogP contribution >= 0.6 is 11.8 Å². The topological polar surface area (TPSA) is 32.7 Å². The van der Waals surface area contributed by atoms with E-state index in [1.54, 1.807) is 11.8 Å². The van der Waals surface area contributed by atoms with Crippen LogP contribution in [0.3, 0.4) is 0 Å². The highest BCUT2D eigenvalue weighted by molar-refractivity contribution is 8.03. The number of allylic oxidation sites excluding steroid dienone is 1. The largest absolute Gasteiger partial charge is 0.335 e. The molecular weight excluding hydrogens is 292 g/mol. The van der Waals surface area contributed by atoms with E-state index in [2.05, 4.69) is 41.1 Å². The van der Waals surface area contributed by atoms with Gasteiger partial charge in [0.2, 0.25) is 0 Å². The number of carbonyl (C=O) groups excluding carboxylic acids is 1. The van der Waals surface area contributed by atoms with Gasteiger partial charge in [0.25, 0.3) is 5.91 Å². The van der Waals surface area contributed by atoms with Crippen molar-refractivity contribution in [2.24, 2.45) is 4.99 Å². The van der Waals surface area contributed by atoms with Gasteiger partial charge in [-0.05, 0) is 31.2 Å². The fourth-order valence-corrected chi connectivity index (χ4v) is 4.00. The Balaban J connectivity index is 1.76. The number of fused-ring (bicyclic) bond motifs is 2. The van der Waals surface area contributed by atoms with Crippen LogP contribution in [0.5, 0.6) is 0 Å². The molecule has 2 aromatic carbocycles. The van der Waals surface area contributed by atoms with Crippen LogP contribution in [0, 0.1) is 0 Å². The molecule has 0 fully saturated rings. The van der Waals surface area contributed by atoms with Gasteiger partial charge in [-0.25, -0.2) is 4.99 Å². The second kappa shape index (κ2) is 5.14. The van der Waals surface area contributed by atoms with E-state index in [4.69, 9.17) is 0 Å². The Morgan fingerprint density at radius 2 is 1.82 bits per heavy atom. The summed E-state index contributed by atoms with van der Waals surface area (Å²) in [5.74, 6) is -0.147. The summed E-state index contributed by atoms with van der Waals surface area (Å²) >= 11 is 1.73. The quantitative estimate of drug-likeness (QED) is 0.837. The fraction of sp³-hybridized carbons (Fsp3) is 0.111. The van der Waals surface area contributed by atoms with Gasteiger partial charge in [-0.1, -0.05) is 42.1 Å². The van der Waals surface area contributed by atoms with Crippen molar-refractivity contribution in [2.75, 3.05) is 11.4 Å². The van der Waals surface area contributed by atoms with Gasteiger partial charge in [-0.15, -0.1) is 0 Å². The predicted molar refractivity (Wildman–Crippen MR) is 90.7 cm³/mol. The van der Waals surface area contributed by atoms with Gasteiger partial charge in [0.15, 0.2) is 0 Å². The van der Waals surface area contributed by atoms with Gasteiger partial charge in [0.1, 0.15) is 0 Å². The third-order valence-corrected chi connectivity index (χ3v) is 4.98. The number of thioether (sulfide) groups is 1. The molecule has 0 saturated heterocycles. The van der Waals surface area contributed by atoms with Gasteiger partial charge in [-0.2, -0.15) is 0 Å². The van der Waals surface area contributed by atoms with Crippen LogP contribution in [0.25, 0.3) is 0 Å². The molecule has 0 N–H and O–H groups in total. The molecule has 0 unspecified atom stereocenters. The van der Waals surface area contributed by atoms with Crippen molar-refractivity contribution in [3.8, 4) is 0 Å². The number of hydrogen-bond acceptors (Lipinski definition) is 3. The number of carbonyl (C=O) groups is 1. The summed E-state index contributed by atoms with van der Waals surface area (Å²) in [6, 6.07) is 16.0. The summed E-state index contributed by atoms with van der Waals surface area (Å²) < 4.78 is 0. The lowest BCUT2D eigenvalue weighted by atomic mass is 10.1. The predicted octanol–water partition coefficient (Wildman–Crippen LogP) is 4.10. The number of rotatable bonds is 2. The molecule has 2 aliphatic rings. The van der Waals surface area contributed by atoms with Gasteiger partial charge in [-0.3, -0.25) is 4.79 Å². The Morgan fingerprint density at radius 3 is 2.64 bits per heavy atom. The minimum atomic E-state index is -0.147. The van der Waals surface area contributed by atoms with Crippen LogP contribution < -0.4 is 4.90 Å². The van der Waals surface area contributed by atoms with Gasteiger partial charge in [0.05, 0.1) is 22.0 Å². The Kier molecular flexibility index (Phi) is 3.12. The normalized spacial score (nSPS) is 17.7. The number of aliphatic imine (C=N–C) groups is 1. The lowest BCUT2D eigenvalue weighted by Gasteiger charge is -2.17. The molecule has 3 nitrogen and oxygen atoms in total. The minimum Gasteiger partial charge on any atom is -0.335 e. The van der Waals surface area contributed by atoms with Crippen molar-refractivity contribution in [2.45, 2.75) is 11.8 Å². The number of amides is 1. The second-order valence-corrected chi connectivity index (χ2v) is 6.21. The first-order valence-corrected chi connectivity index (χ1v) is 8.08. The molecular formula is C18H14N2OS. The maximum Gasteiger partial charge on any atom is 0.278 e. The zero-order chi connectivity index (χ0) is 15.1. The standard InChI is InChI=1S/C18H14N2OS/c1-2-20-15-9-5-6-10-16(15)22-17(20)11-14-12-7-3-4-8-13(12)18(21)19-14/h3-11H,2H2,1H3/b17-11-. The third-order valence-electron chi connectivity index (χ3n) is 3.87. The molecule has 4 heteroatoms. The molecule has 0 spiro atoms. The first-order valence-electron chi connectivity index (χ1n) is 7.26. The Bertz CT molecular complexity index is 838. The number of para-hydroxylation sites is 1. The molecule has 4 rings (SSSR count). The molecule has 2 aromatic rings. The highest BCUT2D eigenvalue weighted by Crippen LogP contribution is 2.45. The summed E-state index contributed by atoms with van der Waals surface area (Å²) in [6.45, 7) is 3.02. The van der Waals surface area contributed by atoms with Gasteiger partial charge < -0.3 is 4.90 Å². The van der Waals surface area contributed by atoms with E-state index in [9.17, 15) is 4.79 Å². The molecule has 108 valence electrons. The van der Waals surface area contributed by atoms with E-state index in [1.165, 1.54) is 10.6 Å². The van der Waals surface area contributed by atoms with Crippen molar-refractivity contribution in [1.29, 1.82) is 0 Å². The molecule has 1 amide bonds. The monoisotopic (exact) mass is 306 g/mol. The van der Waals surface area contributed by atoms with E-state index in [0.29, 0.717) is 5.56 Å². The zero-order valence-corrected chi connectivity index (χ0v) is 12.9. The lowest BCUT2D eigenvalue weighted by Crippen LogP contribution is -2.17. The van der Waals surface area contributed by atoms with Crippen LogP contribution in [0.4, 0.5) is 5.69 Å². The number of hydrogen-bond donors (Lipinski definition) is 0. The molecule has 0 bridgehead atoms. The second-order valence-electron chi connectivity index (χ2n) is 5.14. The molecule has 0 atom stereocenters. The molecule has 2 aliphatic heterocycles. The van der Waals surface area contributed by atoms with Crippen LogP contribution in [0.1, 0.15) is 22.8 Å². The smallest absolute Gasteiger partial charge is 0.278 e. The summed E-state index contributed by atoms with van der Waals surface area (Å²) in [7, 11) is 0. The van der Waals surface area contributed by atoms with E-state index < -0.39 is 0 Å². The SMILES string of the molecule is CCN1/C(=C/C2=NC(=O)c3ccccc32)Sc2ccccc21. The molecule has 0 saturated carbocycles. The lowest BCUT2D eigenvalue weighted by molar-refractivity contribution is 0.101. The number of nitrogens with zero attached hydrogens (tertiary/aromatic N) is 2. The summed E-state index contributed by atoms with van der Waals surface area (Å²) in [5, 5.41) is 1.12. The molecule has 2 heterocycles. The average Bonchev–Trinajstić information content (AvgIpc) is 3.06. The average molecular weight is 306 g/mol. The molecule has 0 aliphatic carbocycles. The van der Waals surface area contributed by atoms with E-state index in [-0.39, 0.29) is 5.91 Å². The number of benzene rings is 2. The first-order chi connectivity index (χ1) is 10.8.